The highest BCUT2D eigenvalue weighted by atomic mass is 32.2. The average molecular weight is 557 g/mol. The first-order chi connectivity index (χ1) is 18.4. The molecule has 2 amide bonds. The van der Waals surface area contributed by atoms with Gasteiger partial charge in [-0.05, 0) is 13.0 Å². The van der Waals surface area contributed by atoms with Crippen molar-refractivity contribution < 1.29 is 28.9 Å². The minimum atomic E-state index is -1.21. The van der Waals surface area contributed by atoms with Gasteiger partial charge in [0, 0.05) is 46.8 Å². The highest BCUT2D eigenvalue weighted by molar-refractivity contribution is 8.00. The lowest BCUT2D eigenvalue weighted by atomic mass is 10.0. The summed E-state index contributed by atoms with van der Waals surface area (Å²) in [5.41, 5.74) is 7.70. The largest absolute Gasteiger partial charge is 0.477 e. The number of nitrogens with two attached hydrogens (primary N) is 1. The van der Waals surface area contributed by atoms with E-state index in [4.69, 9.17) is 10.6 Å². The van der Waals surface area contributed by atoms with Gasteiger partial charge in [0.2, 0.25) is 11.5 Å². The van der Waals surface area contributed by atoms with Crippen molar-refractivity contribution in [3.8, 4) is 11.3 Å². The Hall–Kier alpha value is -4.31. The summed E-state index contributed by atoms with van der Waals surface area (Å²) in [6, 6.07) is 4.68. The van der Waals surface area contributed by atoms with Gasteiger partial charge >= 0.3 is 5.97 Å². The molecular weight excluding hydrogens is 534 g/mol. The fourth-order valence-electron chi connectivity index (χ4n) is 4.04. The van der Waals surface area contributed by atoms with Crippen LogP contribution in [-0.2, 0) is 25.8 Å². The quantitative estimate of drug-likeness (QED) is 0.120. The van der Waals surface area contributed by atoms with Crippen LogP contribution in [0.5, 0.6) is 0 Å². The van der Waals surface area contributed by atoms with Crippen LogP contribution in [0.1, 0.15) is 12.7 Å². The number of oxime groups is 1. The number of β-lactam (4-membered cyclic amide) rings is 1. The number of carbonyl (C=O) groups excluding carboxylic acids is 2. The number of carboxylic acids is 1. The number of hydrogen-bond donors (Lipinski definition) is 4. The zero-order chi connectivity index (χ0) is 26.8. The minimum absolute atomic E-state index is 0.0256. The van der Waals surface area contributed by atoms with E-state index >= 15 is 0 Å². The first-order valence-electron chi connectivity index (χ1n) is 11.4. The van der Waals surface area contributed by atoms with Gasteiger partial charge in [-0.25, -0.2) is 9.36 Å². The highest BCUT2D eigenvalue weighted by Crippen LogP contribution is 2.40. The molecule has 1 fully saturated rings. The second-order valence-electron chi connectivity index (χ2n) is 8.16. The normalized spacial score (nSPS) is 19.1. The van der Waals surface area contributed by atoms with E-state index in [-0.39, 0.29) is 35.5 Å². The number of aliphatic carboxylic acids is 1. The number of nitrogens with zero attached hydrogens (tertiary/aromatic N) is 6. The Labute approximate surface area is 223 Å². The molecule has 5 N–H and O–H groups in total. The number of fused-ring (bicyclic) bond motifs is 1. The molecule has 0 aliphatic carbocycles. The summed E-state index contributed by atoms with van der Waals surface area (Å²) >= 11 is 2.26. The van der Waals surface area contributed by atoms with Crippen LogP contribution in [0, 0.1) is 0 Å². The third-order valence-electron chi connectivity index (χ3n) is 5.77. The van der Waals surface area contributed by atoms with Crippen molar-refractivity contribution in [3.63, 3.8) is 0 Å². The van der Waals surface area contributed by atoms with E-state index in [1.807, 2.05) is 35.2 Å². The second-order valence-corrected chi connectivity index (χ2v) is 10.1. The fourth-order valence-corrected chi connectivity index (χ4v) is 5.81. The number of anilines is 1. The number of carboxylic acid groups (broad SMARTS) is 1. The lowest BCUT2D eigenvalue weighted by Gasteiger charge is -2.49. The second kappa shape index (κ2) is 10.6. The van der Waals surface area contributed by atoms with Gasteiger partial charge in [-0.15, -0.1) is 11.8 Å². The maximum Gasteiger partial charge on any atom is 0.352 e. The molecule has 0 unspecified atom stereocenters. The molecule has 1 saturated heterocycles. The van der Waals surface area contributed by atoms with Crippen molar-refractivity contribution in [2.45, 2.75) is 24.9 Å². The molecule has 196 valence electrons. The monoisotopic (exact) mass is 556 g/mol. The SMILES string of the molecule is CCO/N=C(\C(=O)N[C@@H]1C(=O)N2C(C(=O)O)=C(C[n+]3ccc(-c4ccn[nH]4)cc3)CS[C@@H]12)c1nsc(N)n1. The van der Waals surface area contributed by atoms with Gasteiger partial charge in [-0.2, -0.15) is 14.5 Å². The van der Waals surface area contributed by atoms with Crippen LogP contribution in [-0.4, -0.2) is 76.8 Å². The Morgan fingerprint density at radius 3 is 2.79 bits per heavy atom. The Kier molecular flexibility index (Phi) is 7.06. The molecule has 3 aromatic heterocycles. The molecule has 2 aliphatic rings. The summed E-state index contributed by atoms with van der Waals surface area (Å²) in [6.07, 6.45) is 5.33. The average Bonchev–Trinajstić information content (AvgIpc) is 3.60. The molecule has 0 radical (unpaired) electrons. The molecule has 38 heavy (non-hydrogen) atoms. The van der Waals surface area contributed by atoms with E-state index in [9.17, 15) is 19.5 Å². The van der Waals surface area contributed by atoms with Crippen molar-refractivity contribution in [1.29, 1.82) is 0 Å². The predicted octanol–water partition coefficient (Wildman–Crippen LogP) is -0.0227. The number of carbonyl (C=O) groups is 3. The summed E-state index contributed by atoms with van der Waals surface area (Å²) in [6.45, 7) is 2.18. The summed E-state index contributed by atoms with van der Waals surface area (Å²) in [5, 5.41) is 22.8. The number of aromatic nitrogens is 5. The molecule has 5 rings (SSSR count). The number of nitrogen functional groups attached to an aromatic ring is 1. The zero-order valence-corrected chi connectivity index (χ0v) is 21.5. The number of H-pyrrole nitrogens is 1. The van der Waals surface area contributed by atoms with Crippen LogP contribution in [0.15, 0.2) is 53.2 Å². The van der Waals surface area contributed by atoms with Gasteiger partial charge in [0.25, 0.3) is 11.8 Å². The van der Waals surface area contributed by atoms with E-state index in [1.165, 1.54) is 16.7 Å². The molecule has 0 aromatic carbocycles. The van der Waals surface area contributed by atoms with Crippen LogP contribution in [0.4, 0.5) is 5.13 Å². The highest BCUT2D eigenvalue weighted by Gasteiger charge is 2.54. The van der Waals surface area contributed by atoms with Crippen LogP contribution in [0.2, 0.25) is 0 Å². The summed E-state index contributed by atoms with van der Waals surface area (Å²) < 4.78 is 5.83. The van der Waals surface area contributed by atoms with Gasteiger partial charge in [0.1, 0.15) is 23.7 Å². The van der Waals surface area contributed by atoms with Crippen molar-refractivity contribution >= 4 is 51.9 Å². The maximum atomic E-state index is 13.1. The van der Waals surface area contributed by atoms with Crippen LogP contribution in [0.25, 0.3) is 11.3 Å². The van der Waals surface area contributed by atoms with E-state index in [0.29, 0.717) is 11.3 Å². The van der Waals surface area contributed by atoms with E-state index < -0.39 is 29.2 Å². The van der Waals surface area contributed by atoms with Crippen LogP contribution >= 0.6 is 23.3 Å². The maximum absolute atomic E-state index is 13.1. The summed E-state index contributed by atoms with van der Waals surface area (Å²) in [4.78, 5) is 48.4. The Balaban J connectivity index is 1.32. The fraction of sp³-hybridized carbons (Fsp3) is 0.273. The summed E-state index contributed by atoms with van der Waals surface area (Å²) in [5.74, 6) is -2.14. The lowest BCUT2D eigenvalue weighted by Crippen LogP contribution is -2.71. The smallest absolute Gasteiger partial charge is 0.352 e. The van der Waals surface area contributed by atoms with Gasteiger partial charge in [-0.1, -0.05) is 5.16 Å². The molecule has 14 nitrogen and oxygen atoms in total. The van der Waals surface area contributed by atoms with Gasteiger partial charge < -0.3 is 21.0 Å². The molecule has 0 bridgehead atoms. The molecular formula is C22H22N9O5S2+. The Morgan fingerprint density at radius 1 is 1.37 bits per heavy atom. The first-order valence-corrected chi connectivity index (χ1v) is 13.2. The number of pyridine rings is 1. The number of thioether (sulfide) groups is 1. The molecule has 2 atom stereocenters. The molecule has 16 heteroatoms. The van der Waals surface area contributed by atoms with Crippen molar-refractivity contribution in [3.05, 3.63) is 53.9 Å². The molecule has 3 aromatic rings. The number of nitrogens with one attached hydrogen (secondary N) is 2. The lowest BCUT2D eigenvalue weighted by molar-refractivity contribution is -0.689. The van der Waals surface area contributed by atoms with E-state index in [1.54, 1.807) is 13.1 Å². The van der Waals surface area contributed by atoms with Gasteiger partial charge in [0.05, 0.1) is 5.69 Å². The Morgan fingerprint density at radius 2 is 2.16 bits per heavy atom. The zero-order valence-electron chi connectivity index (χ0n) is 19.9. The molecule has 2 aliphatic heterocycles. The minimum Gasteiger partial charge on any atom is -0.477 e. The Bertz CT molecular complexity index is 1440. The van der Waals surface area contributed by atoms with Crippen molar-refractivity contribution in [2.75, 3.05) is 18.1 Å². The number of aromatic amines is 1. The van der Waals surface area contributed by atoms with E-state index in [2.05, 4.69) is 30.0 Å². The van der Waals surface area contributed by atoms with Crippen LogP contribution < -0.4 is 15.6 Å². The van der Waals surface area contributed by atoms with E-state index in [0.717, 1.165) is 22.8 Å². The topological polar surface area (TPSA) is 193 Å². The number of hydrogen-bond acceptors (Lipinski definition) is 11. The third-order valence-corrected chi connectivity index (χ3v) is 7.65. The van der Waals surface area contributed by atoms with Gasteiger partial charge in [-0.3, -0.25) is 19.6 Å². The van der Waals surface area contributed by atoms with Crippen molar-refractivity contribution in [1.82, 2.24) is 29.8 Å². The summed E-state index contributed by atoms with van der Waals surface area (Å²) in [7, 11) is 0. The molecule has 0 saturated carbocycles. The standard InChI is InChI=1S/C22H21N9O5S2/c1-2-36-28-14(17-26-22(23)38-29-17)18(32)25-15-19(33)31-16(21(34)35)12(10-37-20(15)31)9-30-7-4-11(5-8-30)13-3-6-24-27-13/h3-8,15,20H,2,9-10H2,1H3,(H4,23,25,26,29,32,34,35)/p+1/b28-14-/t15-,20+/m1/s1. The number of rotatable bonds is 9. The van der Waals surface area contributed by atoms with Crippen LogP contribution in [0.3, 0.4) is 0 Å². The molecule has 0 spiro atoms. The van der Waals surface area contributed by atoms with Crippen molar-refractivity contribution in [2.24, 2.45) is 5.16 Å². The predicted molar refractivity (Wildman–Crippen MR) is 136 cm³/mol. The van der Waals surface area contributed by atoms with Gasteiger partial charge in [0.15, 0.2) is 24.1 Å². The first kappa shape index (κ1) is 25.3. The molecule has 5 heterocycles. The number of amides is 2. The third kappa shape index (κ3) is 4.82.